The third-order valence-corrected chi connectivity index (χ3v) is 5.64. The maximum Gasteiger partial charge on any atom is 0.270 e. The zero-order valence-corrected chi connectivity index (χ0v) is 16.2. The molecule has 2 fully saturated rings. The number of benzene rings is 1. The molecule has 2 bridgehead atoms. The van der Waals surface area contributed by atoms with Gasteiger partial charge < -0.3 is 29.0 Å². The molecule has 2 aromatic rings. The number of aromatic nitrogens is 1. The van der Waals surface area contributed by atoms with Crippen molar-refractivity contribution in [1.82, 2.24) is 14.8 Å². The van der Waals surface area contributed by atoms with Crippen molar-refractivity contribution in [1.29, 1.82) is 0 Å². The third kappa shape index (κ3) is 3.41. The predicted molar refractivity (Wildman–Crippen MR) is 105 cm³/mol. The van der Waals surface area contributed by atoms with Gasteiger partial charge in [0.25, 0.3) is 11.8 Å². The number of rotatable bonds is 2. The Morgan fingerprint density at radius 1 is 0.967 bits per heavy atom. The minimum absolute atomic E-state index is 0.0187. The molecule has 9 heteroatoms. The Kier molecular flexibility index (Phi) is 4.66. The van der Waals surface area contributed by atoms with E-state index in [2.05, 4.69) is 4.98 Å². The van der Waals surface area contributed by atoms with Gasteiger partial charge in [-0.3, -0.25) is 14.4 Å². The number of nitrogens with zero attached hydrogens (tertiary/aromatic N) is 2. The van der Waals surface area contributed by atoms with Gasteiger partial charge in [0.05, 0.1) is 19.3 Å². The largest absolute Gasteiger partial charge is 0.454 e. The molecule has 1 aromatic heterocycles. The molecule has 2 atom stereocenters. The van der Waals surface area contributed by atoms with Gasteiger partial charge in [-0.1, -0.05) is 6.07 Å². The van der Waals surface area contributed by atoms with E-state index in [1.807, 2.05) is 0 Å². The Labute approximate surface area is 172 Å². The number of aromatic amines is 1. The second-order valence-corrected chi connectivity index (χ2v) is 7.72. The first-order chi connectivity index (χ1) is 14.6. The number of carbonyl (C=O) groups is 2. The van der Waals surface area contributed by atoms with Crippen LogP contribution < -0.4 is 15.0 Å². The highest BCUT2D eigenvalue weighted by molar-refractivity contribution is 5.96. The van der Waals surface area contributed by atoms with Crippen LogP contribution in [-0.4, -0.2) is 72.3 Å². The van der Waals surface area contributed by atoms with E-state index in [1.165, 1.54) is 6.07 Å². The normalized spacial score (nSPS) is 22.5. The molecule has 4 heterocycles. The second kappa shape index (κ2) is 7.49. The van der Waals surface area contributed by atoms with Crippen LogP contribution in [0.15, 0.2) is 41.2 Å². The summed E-state index contributed by atoms with van der Waals surface area (Å²) in [6, 6.07) is 9.39. The first kappa shape index (κ1) is 18.7. The fraction of sp³-hybridized carbons (Fsp3) is 0.381. The molecule has 5 rings (SSSR count). The van der Waals surface area contributed by atoms with E-state index in [0.29, 0.717) is 49.9 Å². The molecule has 3 aliphatic rings. The number of hydrogen-bond acceptors (Lipinski definition) is 6. The molecule has 1 aromatic carbocycles. The summed E-state index contributed by atoms with van der Waals surface area (Å²) in [6.45, 7) is 2.25. The Morgan fingerprint density at radius 2 is 1.83 bits per heavy atom. The van der Waals surface area contributed by atoms with Crippen LogP contribution in [0.1, 0.15) is 20.8 Å². The summed E-state index contributed by atoms with van der Waals surface area (Å²) in [7, 11) is 0. The molecule has 9 nitrogen and oxygen atoms in total. The molecular weight excluding hydrogens is 390 g/mol. The topological polar surface area (TPSA) is 101 Å². The first-order valence-corrected chi connectivity index (χ1v) is 9.85. The number of hydrogen-bond donors (Lipinski definition) is 1. The maximum atomic E-state index is 13.3. The zero-order chi connectivity index (χ0) is 20.7. The summed E-state index contributed by atoms with van der Waals surface area (Å²) in [5.74, 6) is 0.783. The third-order valence-electron chi connectivity index (χ3n) is 5.64. The highest BCUT2D eigenvalue weighted by Crippen LogP contribution is 2.33. The van der Waals surface area contributed by atoms with E-state index in [9.17, 15) is 14.4 Å². The number of fused-ring (bicyclic) bond motifs is 4. The average molecular weight is 411 g/mol. The number of pyridine rings is 1. The fourth-order valence-corrected chi connectivity index (χ4v) is 4.20. The van der Waals surface area contributed by atoms with Crippen molar-refractivity contribution >= 4 is 11.8 Å². The van der Waals surface area contributed by atoms with Gasteiger partial charge in [-0.25, -0.2) is 0 Å². The van der Waals surface area contributed by atoms with E-state index < -0.39 is 0 Å². The van der Waals surface area contributed by atoms with Gasteiger partial charge in [-0.2, -0.15) is 0 Å². The lowest BCUT2D eigenvalue weighted by molar-refractivity contribution is 0.0378. The minimum Gasteiger partial charge on any atom is -0.454 e. The highest BCUT2D eigenvalue weighted by Gasteiger charge is 2.38. The Bertz CT molecular complexity index is 1050. The van der Waals surface area contributed by atoms with Gasteiger partial charge in [0.2, 0.25) is 12.4 Å². The first-order valence-electron chi connectivity index (χ1n) is 9.85. The molecular formula is C21H21N3O6. The van der Waals surface area contributed by atoms with Crippen LogP contribution in [-0.2, 0) is 4.74 Å². The molecule has 30 heavy (non-hydrogen) atoms. The van der Waals surface area contributed by atoms with Crippen LogP contribution in [0.3, 0.4) is 0 Å². The lowest BCUT2D eigenvalue weighted by atomic mass is 10.1. The van der Waals surface area contributed by atoms with E-state index in [0.717, 1.165) is 0 Å². The molecule has 3 aliphatic heterocycles. The van der Waals surface area contributed by atoms with Crippen molar-refractivity contribution in [2.45, 2.75) is 6.04 Å². The number of nitrogens with one attached hydrogen (secondary N) is 1. The van der Waals surface area contributed by atoms with Gasteiger partial charge in [0.15, 0.2) is 11.5 Å². The molecule has 0 radical (unpaired) electrons. The lowest BCUT2D eigenvalue weighted by Gasteiger charge is -2.31. The van der Waals surface area contributed by atoms with Crippen LogP contribution >= 0.6 is 0 Å². The monoisotopic (exact) mass is 411 g/mol. The molecule has 0 spiro atoms. The van der Waals surface area contributed by atoms with Crippen LogP contribution in [0.2, 0.25) is 0 Å². The summed E-state index contributed by atoms with van der Waals surface area (Å²) in [6.07, 6.45) is 0. The summed E-state index contributed by atoms with van der Waals surface area (Å²) in [4.78, 5) is 44.0. The van der Waals surface area contributed by atoms with Crippen LogP contribution in [0, 0.1) is 5.92 Å². The van der Waals surface area contributed by atoms with E-state index in [-0.39, 0.29) is 41.8 Å². The van der Waals surface area contributed by atoms with Gasteiger partial charge in [-0.05, 0) is 24.3 Å². The van der Waals surface area contributed by atoms with E-state index in [1.54, 1.807) is 40.1 Å². The van der Waals surface area contributed by atoms with Crippen molar-refractivity contribution in [3.8, 4) is 11.5 Å². The average Bonchev–Trinajstić information content (AvgIpc) is 3.02. The van der Waals surface area contributed by atoms with Crippen molar-refractivity contribution in [3.63, 3.8) is 0 Å². The molecule has 0 unspecified atom stereocenters. The Hall–Kier alpha value is -3.33. The van der Waals surface area contributed by atoms with Crippen molar-refractivity contribution < 1.29 is 23.8 Å². The van der Waals surface area contributed by atoms with Gasteiger partial charge in [0.1, 0.15) is 5.69 Å². The zero-order valence-electron chi connectivity index (χ0n) is 16.2. The Balaban J connectivity index is 1.40. The van der Waals surface area contributed by atoms with Gasteiger partial charge in [-0.15, -0.1) is 0 Å². The lowest BCUT2D eigenvalue weighted by Crippen LogP contribution is -2.48. The maximum absolute atomic E-state index is 13.3. The molecule has 156 valence electrons. The Morgan fingerprint density at radius 3 is 2.70 bits per heavy atom. The molecule has 0 aliphatic carbocycles. The van der Waals surface area contributed by atoms with E-state index >= 15 is 0 Å². The summed E-state index contributed by atoms with van der Waals surface area (Å²) >= 11 is 0. The molecule has 1 N–H and O–H groups in total. The quantitative estimate of drug-likeness (QED) is 0.782. The minimum atomic E-state index is -0.321. The number of H-pyrrole nitrogens is 1. The number of amides is 2. The molecule has 0 saturated carbocycles. The summed E-state index contributed by atoms with van der Waals surface area (Å²) < 4.78 is 16.5. The standard InChI is InChI=1S/C21H21N3O6/c25-19-3-1-2-16(22-19)21(27)23-7-13-8-24(15(9-23)11-28-10-13)20(26)14-4-5-17-18(6-14)30-12-29-17/h1-6,13,15H,7-12H2,(H,22,25)/t13-,15-/m0/s1. The number of carbonyl (C=O) groups excluding carboxylic acids is 2. The predicted octanol–water partition coefficient (Wildman–Crippen LogP) is 0.717. The van der Waals surface area contributed by atoms with Crippen molar-refractivity contribution in [3.05, 3.63) is 58.0 Å². The molecule has 2 saturated heterocycles. The molecule has 2 amide bonds. The number of ether oxygens (including phenoxy) is 3. The van der Waals surface area contributed by atoms with Gasteiger partial charge in [0, 0.05) is 37.2 Å². The van der Waals surface area contributed by atoms with Crippen molar-refractivity contribution in [2.24, 2.45) is 5.92 Å². The SMILES string of the molecule is O=C(c1cccc(=O)[nH]1)N1C[C@@H]2COC[C@H](C1)N(C(=O)c1ccc3c(c1)OCO3)C2. The van der Waals surface area contributed by atoms with Crippen LogP contribution in [0.4, 0.5) is 0 Å². The van der Waals surface area contributed by atoms with Gasteiger partial charge >= 0.3 is 0 Å². The van der Waals surface area contributed by atoms with Crippen LogP contribution in [0.5, 0.6) is 11.5 Å². The van der Waals surface area contributed by atoms with Crippen molar-refractivity contribution in [2.75, 3.05) is 39.6 Å². The fourth-order valence-electron chi connectivity index (χ4n) is 4.20. The summed E-state index contributed by atoms with van der Waals surface area (Å²) in [5.41, 5.74) is 0.438. The highest BCUT2D eigenvalue weighted by atomic mass is 16.7. The summed E-state index contributed by atoms with van der Waals surface area (Å²) in [5, 5.41) is 0. The van der Waals surface area contributed by atoms with Crippen LogP contribution in [0.25, 0.3) is 0 Å². The van der Waals surface area contributed by atoms with E-state index in [4.69, 9.17) is 14.2 Å². The smallest absolute Gasteiger partial charge is 0.270 e. The second-order valence-electron chi connectivity index (χ2n) is 7.72.